The van der Waals surface area contributed by atoms with Crippen molar-refractivity contribution in [2.45, 2.75) is 59.7 Å². The molecule has 0 saturated carbocycles. The number of piperidine rings is 1. The molecular formula is C23H35N3O2. The minimum absolute atomic E-state index is 0.00785. The predicted octanol–water partition coefficient (Wildman–Crippen LogP) is 3.04. The number of amides is 2. The minimum atomic E-state index is -0.231. The number of nitrogens with zero attached hydrogens (tertiary/aromatic N) is 2. The number of carbonyl (C=O) groups is 2. The Morgan fingerprint density at radius 2 is 1.75 bits per heavy atom. The van der Waals surface area contributed by atoms with Crippen LogP contribution in [0.1, 0.15) is 51.7 Å². The van der Waals surface area contributed by atoms with E-state index in [1.54, 1.807) is 4.90 Å². The first-order valence-corrected chi connectivity index (χ1v) is 10.7. The standard InChI is InChI=1S/C23H35N3O2/c1-16(2)26-15-21(10-22(26)27)23(28)24-11-19-7-5-6-8-20(19)14-25-12-17(3)9-18(4)13-25/h5-8,16-18,21H,9-15H2,1-4H3,(H,24,28)/t17-,18-,21+/m0/s1. The lowest BCUT2D eigenvalue weighted by Crippen LogP contribution is -2.38. The predicted molar refractivity (Wildman–Crippen MR) is 111 cm³/mol. The highest BCUT2D eigenvalue weighted by Gasteiger charge is 2.35. The molecule has 1 aromatic carbocycles. The van der Waals surface area contributed by atoms with Crippen molar-refractivity contribution in [3.05, 3.63) is 35.4 Å². The summed E-state index contributed by atoms with van der Waals surface area (Å²) in [6.45, 7) is 12.9. The van der Waals surface area contributed by atoms with Gasteiger partial charge < -0.3 is 10.2 Å². The van der Waals surface area contributed by atoms with Crippen molar-refractivity contribution in [1.29, 1.82) is 0 Å². The van der Waals surface area contributed by atoms with Crippen molar-refractivity contribution in [2.75, 3.05) is 19.6 Å². The van der Waals surface area contributed by atoms with Crippen LogP contribution in [0.2, 0.25) is 0 Å². The largest absolute Gasteiger partial charge is 0.352 e. The second kappa shape index (κ2) is 9.08. The van der Waals surface area contributed by atoms with E-state index < -0.39 is 0 Å². The van der Waals surface area contributed by atoms with Gasteiger partial charge in [0.2, 0.25) is 11.8 Å². The normalized spacial score (nSPS) is 26.1. The van der Waals surface area contributed by atoms with E-state index >= 15 is 0 Å². The van der Waals surface area contributed by atoms with Crippen LogP contribution in [0.25, 0.3) is 0 Å². The van der Waals surface area contributed by atoms with Gasteiger partial charge in [-0.15, -0.1) is 0 Å². The fourth-order valence-corrected chi connectivity index (χ4v) is 4.78. The molecule has 0 radical (unpaired) electrons. The summed E-state index contributed by atoms with van der Waals surface area (Å²) in [5, 5.41) is 3.08. The van der Waals surface area contributed by atoms with Gasteiger partial charge >= 0.3 is 0 Å². The van der Waals surface area contributed by atoms with Crippen molar-refractivity contribution in [2.24, 2.45) is 17.8 Å². The Balaban J connectivity index is 1.58. The number of hydrogen-bond donors (Lipinski definition) is 1. The lowest BCUT2D eigenvalue weighted by molar-refractivity contribution is -0.130. The lowest BCUT2D eigenvalue weighted by Gasteiger charge is -2.35. The van der Waals surface area contributed by atoms with Crippen molar-refractivity contribution < 1.29 is 9.59 Å². The number of rotatable bonds is 6. The summed E-state index contributed by atoms with van der Waals surface area (Å²) < 4.78 is 0. The number of hydrogen-bond acceptors (Lipinski definition) is 3. The van der Waals surface area contributed by atoms with Gasteiger partial charge in [0.1, 0.15) is 0 Å². The number of carbonyl (C=O) groups excluding carboxylic acids is 2. The van der Waals surface area contributed by atoms with E-state index in [2.05, 4.69) is 42.3 Å². The fourth-order valence-electron chi connectivity index (χ4n) is 4.78. The number of nitrogens with one attached hydrogen (secondary N) is 1. The quantitative estimate of drug-likeness (QED) is 0.819. The highest BCUT2D eigenvalue weighted by atomic mass is 16.2. The third-order valence-corrected chi connectivity index (χ3v) is 6.06. The number of likely N-dealkylation sites (tertiary alicyclic amines) is 2. The van der Waals surface area contributed by atoms with Crippen molar-refractivity contribution >= 4 is 11.8 Å². The molecule has 3 atom stereocenters. The molecule has 1 aromatic rings. The molecule has 2 aliphatic heterocycles. The maximum atomic E-state index is 12.6. The van der Waals surface area contributed by atoms with Gasteiger partial charge in [0.15, 0.2) is 0 Å². The van der Waals surface area contributed by atoms with Crippen LogP contribution < -0.4 is 5.32 Å². The molecule has 0 aromatic heterocycles. The molecule has 0 bridgehead atoms. The molecule has 2 saturated heterocycles. The van der Waals surface area contributed by atoms with E-state index in [4.69, 9.17) is 0 Å². The lowest BCUT2D eigenvalue weighted by atomic mass is 9.91. The highest BCUT2D eigenvalue weighted by molar-refractivity contribution is 5.89. The van der Waals surface area contributed by atoms with Crippen LogP contribution in [-0.2, 0) is 22.7 Å². The molecule has 28 heavy (non-hydrogen) atoms. The Bertz CT molecular complexity index is 693. The molecule has 0 spiro atoms. The third-order valence-electron chi connectivity index (χ3n) is 6.06. The van der Waals surface area contributed by atoms with E-state index in [9.17, 15) is 9.59 Å². The average molecular weight is 386 g/mol. The summed E-state index contributed by atoms with van der Waals surface area (Å²) in [7, 11) is 0. The molecule has 0 aliphatic carbocycles. The summed E-state index contributed by atoms with van der Waals surface area (Å²) in [5.41, 5.74) is 2.46. The van der Waals surface area contributed by atoms with Gasteiger partial charge in [0.25, 0.3) is 0 Å². The number of benzene rings is 1. The highest BCUT2D eigenvalue weighted by Crippen LogP contribution is 2.24. The molecule has 154 valence electrons. The van der Waals surface area contributed by atoms with E-state index in [1.165, 1.54) is 17.5 Å². The van der Waals surface area contributed by atoms with Crippen LogP contribution in [0.15, 0.2) is 24.3 Å². The van der Waals surface area contributed by atoms with Crippen LogP contribution >= 0.6 is 0 Å². The van der Waals surface area contributed by atoms with Gasteiger partial charge in [-0.25, -0.2) is 0 Å². The Morgan fingerprint density at radius 1 is 1.11 bits per heavy atom. The Morgan fingerprint density at radius 3 is 2.36 bits per heavy atom. The maximum absolute atomic E-state index is 12.6. The molecule has 0 unspecified atom stereocenters. The summed E-state index contributed by atoms with van der Waals surface area (Å²) in [4.78, 5) is 29.0. The molecule has 5 nitrogen and oxygen atoms in total. The van der Waals surface area contributed by atoms with E-state index in [-0.39, 0.29) is 23.8 Å². The van der Waals surface area contributed by atoms with Gasteiger partial charge in [-0.1, -0.05) is 38.1 Å². The van der Waals surface area contributed by atoms with E-state index in [0.717, 1.165) is 31.5 Å². The second-order valence-corrected chi connectivity index (χ2v) is 9.17. The van der Waals surface area contributed by atoms with Crippen LogP contribution in [0.4, 0.5) is 0 Å². The molecule has 2 amide bonds. The van der Waals surface area contributed by atoms with Gasteiger partial charge in [-0.05, 0) is 43.2 Å². The Kier molecular flexibility index (Phi) is 6.76. The molecule has 5 heteroatoms. The van der Waals surface area contributed by atoms with E-state index in [0.29, 0.717) is 19.5 Å². The molecule has 3 rings (SSSR count). The molecule has 2 aliphatic rings. The van der Waals surface area contributed by atoms with Crippen molar-refractivity contribution in [3.63, 3.8) is 0 Å². The van der Waals surface area contributed by atoms with Gasteiger partial charge in [-0.2, -0.15) is 0 Å². The van der Waals surface area contributed by atoms with Gasteiger partial charge in [0.05, 0.1) is 5.92 Å². The Hall–Kier alpha value is -1.88. The summed E-state index contributed by atoms with van der Waals surface area (Å²) in [5.74, 6) is 1.32. The van der Waals surface area contributed by atoms with Gasteiger partial charge in [0, 0.05) is 45.2 Å². The molecule has 1 N–H and O–H groups in total. The summed E-state index contributed by atoms with van der Waals surface area (Å²) in [6, 6.07) is 8.54. The van der Waals surface area contributed by atoms with Crippen LogP contribution in [0.5, 0.6) is 0 Å². The van der Waals surface area contributed by atoms with Crippen LogP contribution in [0.3, 0.4) is 0 Å². The topological polar surface area (TPSA) is 52.7 Å². The van der Waals surface area contributed by atoms with E-state index in [1.807, 2.05) is 19.9 Å². The van der Waals surface area contributed by atoms with Gasteiger partial charge in [-0.3, -0.25) is 14.5 Å². The fraction of sp³-hybridized carbons (Fsp3) is 0.652. The third kappa shape index (κ3) is 5.13. The second-order valence-electron chi connectivity index (χ2n) is 9.17. The monoisotopic (exact) mass is 385 g/mol. The smallest absolute Gasteiger partial charge is 0.225 e. The molecular weight excluding hydrogens is 350 g/mol. The Labute approximate surface area is 169 Å². The first-order chi connectivity index (χ1) is 13.3. The van der Waals surface area contributed by atoms with Crippen LogP contribution in [-0.4, -0.2) is 47.3 Å². The maximum Gasteiger partial charge on any atom is 0.225 e. The first-order valence-electron chi connectivity index (χ1n) is 10.7. The first kappa shape index (κ1) is 20.8. The molecule has 2 fully saturated rings. The van der Waals surface area contributed by atoms with Crippen LogP contribution in [0, 0.1) is 17.8 Å². The van der Waals surface area contributed by atoms with Crippen molar-refractivity contribution in [1.82, 2.24) is 15.1 Å². The summed E-state index contributed by atoms with van der Waals surface area (Å²) in [6.07, 6.45) is 1.64. The zero-order valence-corrected chi connectivity index (χ0v) is 17.8. The zero-order chi connectivity index (χ0) is 20.3. The zero-order valence-electron chi connectivity index (χ0n) is 17.8. The minimum Gasteiger partial charge on any atom is -0.352 e. The van der Waals surface area contributed by atoms with Crippen molar-refractivity contribution in [3.8, 4) is 0 Å². The summed E-state index contributed by atoms with van der Waals surface area (Å²) >= 11 is 0. The average Bonchev–Trinajstić information content (AvgIpc) is 3.02. The molecule has 2 heterocycles. The SMILES string of the molecule is CC(C)N1C[C@H](C(=O)NCc2ccccc2CN2C[C@@H](C)C[C@H](C)C2)CC1=O.